The molecule has 1 atom stereocenters. The molecule has 1 aromatic carbocycles. The van der Waals surface area contributed by atoms with Crippen LogP contribution < -0.4 is 5.73 Å². The summed E-state index contributed by atoms with van der Waals surface area (Å²) in [5, 5.41) is 0. The van der Waals surface area contributed by atoms with E-state index in [1.165, 1.54) is 42.6 Å². The van der Waals surface area contributed by atoms with Crippen molar-refractivity contribution in [2.75, 3.05) is 40.3 Å². The number of likely N-dealkylation sites (tertiary alicyclic amines) is 1. The Morgan fingerprint density at radius 2 is 1.95 bits per heavy atom. The molecule has 0 saturated carbocycles. The third-order valence-corrected chi connectivity index (χ3v) is 4.93. The molecular formula is C18H31N3. The number of nitrogens with zero attached hydrogens (tertiary/aromatic N) is 2. The fourth-order valence-corrected chi connectivity index (χ4v) is 3.44. The molecule has 1 heterocycles. The van der Waals surface area contributed by atoms with Crippen LogP contribution in [0.2, 0.25) is 0 Å². The monoisotopic (exact) mass is 289 g/mol. The Morgan fingerprint density at radius 3 is 2.57 bits per heavy atom. The number of benzene rings is 1. The minimum Gasteiger partial charge on any atom is -0.329 e. The van der Waals surface area contributed by atoms with Crippen molar-refractivity contribution in [3.63, 3.8) is 0 Å². The molecule has 1 aromatic rings. The van der Waals surface area contributed by atoms with Crippen LogP contribution in [-0.4, -0.2) is 50.1 Å². The SMILES string of the molecule is Cc1ccc(C)c(C(CN)N(C)CC2CCN(C)CC2)c1. The molecule has 1 saturated heterocycles. The molecule has 0 aromatic heterocycles. The van der Waals surface area contributed by atoms with E-state index in [9.17, 15) is 0 Å². The van der Waals surface area contributed by atoms with Gasteiger partial charge in [-0.25, -0.2) is 0 Å². The molecule has 0 spiro atoms. The second-order valence-corrected chi connectivity index (χ2v) is 6.80. The summed E-state index contributed by atoms with van der Waals surface area (Å²) in [5.74, 6) is 0.811. The zero-order chi connectivity index (χ0) is 15.4. The molecule has 0 bridgehead atoms. The Labute approximate surface area is 130 Å². The average molecular weight is 289 g/mol. The highest BCUT2D eigenvalue weighted by Gasteiger charge is 2.23. The van der Waals surface area contributed by atoms with Crippen LogP contribution in [0.5, 0.6) is 0 Å². The quantitative estimate of drug-likeness (QED) is 0.904. The largest absolute Gasteiger partial charge is 0.329 e. The van der Waals surface area contributed by atoms with Gasteiger partial charge < -0.3 is 10.6 Å². The van der Waals surface area contributed by atoms with Crippen molar-refractivity contribution in [1.82, 2.24) is 9.80 Å². The second-order valence-electron chi connectivity index (χ2n) is 6.80. The summed E-state index contributed by atoms with van der Waals surface area (Å²) in [5.41, 5.74) is 10.2. The van der Waals surface area contributed by atoms with Crippen LogP contribution in [-0.2, 0) is 0 Å². The van der Waals surface area contributed by atoms with Gasteiger partial charge in [0.1, 0.15) is 0 Å². The molecule has 1 aliphatic rings. The highest BCUT2D eigenvalue weighted by Crippen LogP contribution is 2.26. The zero-order valence-corrected chi connectivity index (χ0v) is 14.1. The maximum absolute atomic E-state index is 6.10. The third kappa shape index (κ3) is 4.29. The van der Waals surface area contributed by atoms with E-state index in [0.29, 0.717) is 12.6 Å². The Hall–Kier alpha value is -0.900. The molecule has 1 fully saturated rings. The summed E-state index contributed by atoms with van der Waals surface area (Å²) in [6.45, 7) is 8.66. The summed E-state index contributed by atoms with van der Waals surface area (Å²) in [7, 11) is 4.45. The lowest BCUT2D eigenvalue weighted by atomic mass is 9.94. The number of hydrogen-bond donors (Lipinski definition) is 1. The van der Waals surface area contributed by atoms with Gasteiger partial charge in [-0.05, 0) is 70.9 Å². The number of piperidine rings is 1. The first kappa shape index (κ1) is 16.5. The highest BCUT2D eigenvalue weighted by molar-refractivity contribution is 5.33. The van der Waals surface area contributed by atoms with Gasteiger partial charge >= 0.3 is 0 Å². The maximum atomic E-state index is 6.10. The van der Waals surface area contributed by atoms with Gasteiger partial charge in [0.2, 0.25) is 0 Å². The molecule has 118 valence electrons. The van der Waals surface area contributed by atoms with Crippen molar-refractivity contribution in [1.29, 1.82) is 0 Å². The smallest absolute Gasteiger partial charge is 0.0470 e. The minimum atomic E-state index is 0.338. The van der Waals surface area contributed by atoms with Crippen LogP contribution >= 0.6 is 0 Å². The van der Waals surface area contributed by atoms with Gasteiger partial charge in [-0.3, -0.25) is 4.90 Å². The molecular weight excluding hydrogens is 258 g/mol. The first-order valence-electron chi connectivity index (χ1n) is 8.17. The number of nitrogens with two attached hydrogens (primary N) is 1. The van der Waals surface area contributed by atoms with Crippen molar-refractivity contribution in [3.05, 3.63) is 34.9 Å². The van der Waals surface area contributed by atoms with Gasteiger partial charge in [0.15, 0.2) is 0 Å². The molecule has 2 N–H and O–H groups in total. The zero-order valence-electron chi connectivity index (χ0n) is 14.1. The van der Waals surface area contributed by atoms with Crippen molar-refractivity contribution in [2.45, 2.75) is 32.7 Å². The molecule has 0 radical (unpaired) electrons. The molecule has 21 heavy (non-hydrogen) atoms. The molecule has 3 nitrogen and oxygen atoms in total. The summed E-state index contributed by atoms with van der Waals surface area (Å²) in [6, 6.07) is 7.04. The summed E-state index contributed by atoms with van der Waals surface area (Å²) < 4.78 is 0. The van der Waals surface area contributed by atoms with Gasteiger partial charge in [-0.15, -0.1) is 0 Å². The Morgan fingerprint density at radius 1 is 1.29 bits per heavy atom. The number of rotatable bonds is 5. The number of likely N-dealkylation sites (N-methyl/N-ethyl adjacent to an activating group) is 1. The van der Waals surface area contributed by atoms with Crippen LogP contribution in [0.15, 0.2) is 18.2 Å². The minimum absolute atomic E-state index is 0.338. The molecule has 2 rings (SSSR count). The van der Waals surface area contributed by atoms with E-state index in [1.807, 2.05) is 0 Å². The van der Waals surface area contributed by atoms with Crippen molar-refractivity contribution in [2.24, 2.45) is 11.7 Å². The van der Waals surface area contributed by atoms with Crippen LogP contribution in [0, 0.1) is 19.8 Å². The van der Waals surface area contributed by atoms with Crippen molar-refractivity contribution < 1.29 is 0 Å². The molecule has 1 aliphatic heterocycles. The van der Waals surface area contributed by atoms with Crippen molar-refractivity contribution >= 4 is 0 Å². The fourth-order valence-electron chi connectivity index (χ4n) is 3.44. The molecule has 0 aliphatic carbocycles. The van der Waals surface area contributed by atoms with Crippen LogP contribution in [0.3, 0.4) is 0 Å². The summed E-state index contributed by atoms with van der Waals surface area (Å²) >= 11 is 0. The van der Waals surface area contributed by atoms with E-state index < -0.39 is 0 Å². The normalized spacial score (nSPS) is 19.1. The standard InChI is InChI=1S/C18H31N3/c1-14-5-6-15(2)17(11-14)18(12-19)21(4)13-16-7-9-20(3)10-8-16/h5-6,11,16,18H,7-10,12-13,19H2,1-4H3. The van der Waals surface area contributed by atoms with E-state index in [2.05, 4.69) is 55.9 Å². The molecule has 3 heteroatoms. The van der Waals surface area contributed by atoms with Crippen LogP contribution in [0.4, 0.5) is 0 Å². The Kier molecular flexibility index (Phi) is 5.80. The predicted octanol–water partition coefficient (Wildman–Crippen LogP) is 2.58. The predicted molar refractivity (Wildman–Crippen MR) is 90.6 cm³/mol. The maximum Gasteiger partial charge on any atom is 0.0470 e. The molecule has 1 unspecified atom stereocenters. The topological polar surface area (TPSA) is 32.5 Å². The van der Waals surface area contributed by atoms with Crippen LogP contribution in [0.25, 0.3) is 0 Å². The first-order chi connectivity index (χ1) is 10.0. The van der Waals surface area contributed by atoms with Crippen LogP contribution in [0.1, 0.15) is 35.6 Å². The summed E-state index contributed by atoms with van der Waals surface area (Å²) in [4.78, 5) is 4.90. The first-order valence-corrected chi connectivity index (χ1v) is 8.17. The Balaban J connectivity index is 2.04. The molecule has 0 amide bonds. The van der Waals surface area contributed by atoms with Gasteiger partial charge in [0, 0.05) is 19.1 Å². The van der Waals surface area contributed by atoms with Gasteiger partial charge in [-0.1, -0.05) is 23.8 Å². The number of hydrogen-bond acceptors (Lipinski definition) is 3. The lowest BCUT2D eigenvalue weighted by Crippen LogP contribution is -2.39. The third-order valence-electron chi connectivity index (χ3n) is 4.93. The number of aryl methyl sites for hydroxylation is 2. The highest BCUT2D eigenvalue weighted by atomic mass is 15.1. The lowest BCUT2D eigenvalue weighted by molar-refractivity contribution is 0.151. The van der Waals surface area contributed by atoms with Gasteiger partial charge in [-0.2, -0.15) is 0 Å². The average Bonchev–Trinajstić information content (AvgIpc) is 2.46. The van der Waals surface area contributed by atoms with E-state index >= 15 is 0 Å². The summed E-state index contributed by atoms with van der Waals surface area (Å²) in [6.07, 6.45) is 2.62. The van der Waals surface area contributed by atoms with Gasteiger partial charge in [0.25, 0.3) is 0 Å². The lowest BCUT2D eigenvalue weighted by Gasteiger charge is -2.35. The Bertz CT molecular complexity index is 450. The fraction of sp³-hybridized carbons (Fsp3) is 0.667. The van der Waals surface area contributed by atoms with Gasteiger partial charge in [0.05, 0.1) is 0 Å². The second kappa shape index (κ2) is 7.39. The van der Waals surface area contributed by atoms with E-state index in [1.54, 1.807) is 0 Å². The van der Waals surface area contributed by atoms with E-state index in [-0.39, 0.29) is 0 Å². The van der Waals surface area contributed by atoms with E-state index in [0.717, 1.165) is 12.5 Å². The van der Waals surface area contributed by atoms with E-state index in [4.69, 9.17) is 5.73 Å². The van der Waals surface area contributed by atoms with Crippen molar-refractivity contribution in [3.8, 4) is 0 Å².